The van der Waals surface area contributed by atoms with E-state index in [1.54, 1.807) is 30.8 Å². The molecular weight excluding hydrogens is 247 g/mol. The monoisotopic (exact) mass is 262 g/mol. The molecule has 1 unspecified atom stereocenters. The first-order valence-corrected chi connectivity index (χ1v) is 6.79. The van der Waals surface area contributed by atoms with Crippen molar-refractivity contribution >= 4 is 11.8 Å². The van der Waals surface area contributed by atoms with Crippen molar-refractivity contribution in [1.29, 1.82) is 0 Å². The maximum Gasteiger partial charge on any atom is 0.127 e. The average molecular weight is 262 g/mol. The Bertz CT molecular complexity index is 508. The van der Waals surface area contributed by atoms with E-state index in [1.165, 1.54) is 6.07 Å². The molecular formula is C15H15FOS. The lowest BCUT2D eigenvalue weighted by Crippen LogP contribution is -1.90. The fraction of sp³-hybridized carbons (Fsp3) is 0.200. The van der Waals surface area contributed by atoms with Crippen LogP contribution in [0.3, 0.4) is 0 Å². The van der Waals surface area contributed by atoms with Crippen LogP contribution in [-0.4, -0.2) is 5.11 Å². The highest BCUT2D eigenvalue weighted by molar-refractivity contribution is 7.98. The Balaban J connectivity index is 2.00. The van der Waals surface area contributed by atoms with E-state index in [0.29, 0.717) is 11.3 Å². The van der Waals surface area contributed by atoms with E-state index in [0.717, 1.165) is 10.5 Å². The lowest BCUT2D eigenvalue weighted by Gasteiger charge is -2.06. The van der Waals surface area contributed by atoms with Gasteiger partial charge in [-0.1, -0.05) is 30.3 Å². The van der Waals surface area contributed by atoms with Gasteiger partial charge in [-0.15, -0.1) is 11.8 Å². The predicted molar refractivity (Wildman–Crippen MR) is 73.0 cm³/mol. The van der Waals surface area contributed by atoms with Crippen LogP contribution in [0.5, 0.6) is 0 Å². The lowest BCUT2D eigenvalue weighted by molar-refractivity contribution is 0.199. The van der Waals surface area contributed by atoms with E-state index in [1.807, 2.05) is 30.3 Å². The van der Waals surface area contributed by atoms with Gasteiger partial charge in [0.1, 0.15) is 5.82 Å². The smallest absolute Gasteiger partial charge is 0.127 e. The Hall–Kier alpha value is -1.32. The van der Waals surface area contributed by atoms with Gasteiger partial charge in [0.15, 0.2) is 0 Å². The number of hydrogen-bond donors (Lipinski definition) is 1. The fourth-order valence-corrected chi connectivity index (χ4v) is 2.50. The van der Waals surface area contributed by atoms with Crippen molar-refractivity contribution in [2.24, 2.45) is 0 Å². The number of aliphatic hydroxyl groups is 1. The third-order valence-electron chi connectivity index (χ3n) is 2.71. The molecule has 0 aromatic heterocycles. The van der Waals surface area contributed by atoms with Gasteiger partial charge in [0, 0.05) is 10.6 Å². The number of hydrogen-bond acceptors (Lipinski definition) is 2. The number of halogens is 1. The van der Waals surface area contributed by atoms with Gasteiger partial charge in [-0.2, -0.15) is 0 Å². The van der Waals surface area contributed by atoms with Crippen LogP contribution in [0.4, 0.5) is 4.39 Å². The molecule has 0 aliphatic carbocycles. The molecule has 2 rings (SSSR count). The molecule has 0 radical (unpaired) electrons. The Morgan fingerprint density at radius 3 is 2.39 bits per heavy atom. The largest absolute Gasteiger partial charge is 0.389 e. The second kappa shape index (κ2) is 6.03. The fourth-order valence-electron chi connectivity index (χ4n) is 1.62. The third kappa shape index (κ3) is 3.34. The van der Waals surface area contributed by atoms with Crippen molar-refractivity contribution in [3.63, 3.8) is 0 Å². The molecule has 0 aliphatic rings. The summed E-state index contributed by atoms with van der Waals surface area (Å²) in [6.07, 6.45) is -0.449. The lowest BCUT2D eigenvalue weighted by atomic mass is 10.1. The van der Waals surface area contributed by atoms with Crippen LogP contribution in [0.25, 0.3) is 0 Å². The van der Waals surface area contributed by atoms with Crippen LogP contribution in [0.1, 0.15) is 24.2 Å². The first kappa shape index (κ1) is 13.1. The second-order valence-corrected chi connectivity index (χ2v) is 5.17. The topological polar surface area (TPSA) is 20.2 Å². The van der Waals surface area contributed by atoms with Crippen molar-refractivity contribution in [1.82, 2.24) is 0 Å². The van der Waals surface area contributed by atoms with Gasteiger partial charge < -0.3 is 5.11 Å². The molecule has 0 aliphatic heterocycles. The molecule has 0 spiro atoms. The van der Waals surface area contributed by atoms with E-state index in [-0.39, 0.29) is 5.82 Å². The highest BCUT2D eigenvalue weighted by atomic mass is 32.2. The highest BCUT2D eigenvalue weighted by Crippen LogP contribution is 2.25. The number of aliphatic hydroxyl groups excluding tert-OH is 1. The van der Waals surface area contributed by atoms with E-state index in [4.69, 9.17) is 0 Å². The molecule has 0 heterocycles. The summed E-state index contributed by atoms with van der Waals surface area (Å²) < 4.78 is 13.4. The van der Waals surface area contributed by atoms with Crippen LogP contribution in [-0.2, 0) is 5.75 Å². The molecule has 1 nitrogen and oxygen atoms in total. The molecule has 0 saturated carbocycles. The van der Waals surface area contributed by atoms with Crippen molar-refractivity contribution in [3.05, 3.63) is 65.5 Å². The average Bonchev–Trinajstić information content (AvgIpc) is 2.38. The Labute approximate surface area is 111 Å². The Morgan fingerprint density at radius 1 is 1.11 bits per heavy atom. The first-order chi connectivity index (χ1) is 8.66. The van der Waals surface area contributed by atoms with Gasteiger partial charge in [-0.05, 0) is 36.2 Å². The molecule has 0 saturated heterocycles. The maximum atomic E-state index is 13.4. The summed E-state index contributed by atoms with van der Waals surface area (Å²) in [5.74, 6) is 0.450. The van der Waals surface area contributed by atoms with Crippen LogP contribution >= 0.6 is 11.8 Å². The van der Waals surface area contributed by atoms with Crippen molar-refractivity contribution in [3.8, 4) is 0 Å². The quantitative estimate of drug-likeness (QED) is 0.834. The normalized spacial score (nSPS) is 12.4. The molecule has 2 aromatic rings. The van der Waals surface area contributed by atoms with Gasteiger partial charge in [-0.25, -0.2) is 4.39 Å². The van der Waals surface area contributed by atoms with Gasteiger partial charge in [-0.3, -0.25) is 0 Å². The summed E-state index contributed by atoms with van der Waals surface area (Å²) >= 11 is 1.59. The SMILES string of the molecule is CC(O)c1ccc(SCc2ccccc2F)cc1. The summed E-state index contributed by atoms with van der Waals surface area (Å²) in [6, 6.07) is 14.5. The minimum Gasteiger partial charge on any atom is -0.389 e. The summed E-state index contributed by atoms with van der Waals surface area (Å²) in [5.41, 5.74) is 1.60. The number of thioether (sulfide) groups is 1. The summed E-state index contributed by atoms with van der Waals surface area (Å²) in [6.45, 7) is 1.74. The third-order valence-corrected chi connectivity index (χ3v) is 3.78. The molecule has 1 atom stereocenters. The zero-order valence-electron chi connectivity index (χ0n) is 10.1. The van der Waals surface area contributed by atoms with Crippen molar-refractivity contribution in [2.45, 2.75) is 23.7 Å². The maximum absolute atomic E-state index is 13.4. The van der Waals surface area contributed by atoms with Crippen molar-refractivity contribution < 1.29 is 9.50 Å². The van der Waals surface area contributed by atoms with E-state index in [2.05, 4.69) is 0 Å². The first-order valence-electron chi connectivity index (χ1n) is 5.81. The van der Waals surface area contributed by atoms with Gasteiger partial charge in [0.2, 0.25) is 0 Å². The van der Waals surface area contributed by atoms with Gasteiger partial charge >= 0.3 is 0 Å². The summed E-state index contributed by atoms with van der Waals surface area (Å²) in [7, 11) is 0. The van der Waals surface area contributed by atoms with Crippen LogP contribution in [0, 0.1) is 5.82 Å². The number of rotatable bonds is 4. The highest BCUT2D eigenvalue weighted by Gasteiger charge is 2.03. The molecule has 0 bridgehead atoms. The molecule has 0 fully saturated rings. The van der Waals surface area contributed by atoms with Crippen LogP contribution in [0.2, 0.25) is 0 Å². The van der Waals surface area contributed by atoms with Gasteiger partial charge in [0.05, 0.1) is 6.10 Å². The van der Waals surface area contributed by atoms with E-state index >= 15 is 0 Å². The Kier molecular flexibility index (Phi) is 4.39. The molecule has 0 amide bonds. The zero-order chi connectivity index (χ0) is 13.0. The standard InChI is InChI=1S/C15H15FOS/c1-11(17)12-6-8-14(9-7-12)18-10-13-4-2-3-5-15(13)16/h2-9,11,17H,10H2,1H3. The zero-order valence-corrected chi connectivity index (χ0v) is 11.0. The summed E-state index contributed by atoms with van der Waals surface area (Å²) in [4.78, 5) is 1.07. The predicted octanol–water partition coefficient (Wildman–Crippen LogP) is 4.17. The molecule has 2 aromatic carbocycles. The summed E-state index contributed by atoms with van der Waals surface area (Å²) in [5, 5.41) is 9.40. The number of benzene rings is 2. The second-order valence-electron chi connectivity index (χ2n) is 4.13. The Morgan fingerprint density at radius 2 is 1.78 bits per heavy atom. The molecule has 1 N–H and O–H groups in total. The molecule has 3 heteroatoms. The minimum absolute atomic E-state index is 0.161. The van der Waals surface area contributed by atoms with Crippen LogP contribution in [0.15, 0.2) is 53.4 Å². The van der Waals surface area contributed by atoms with E-state index in [9.17, 15) is 9.50 Å². The van der Waals surface area contributed by atoms with Crippen molar-refractivity contribution in [2.75, 3.05) is 0 Å². The van der Waals surface area contributed by atoms with Gasteiger partial charge in [0.25, 0.3) is 0 Å². The molecule has 94 valence electrons. The minimum atomic E-state index is -0.449. The molecule has 18 heavy (non-hydrogen) atoms. The van der Waals surface area contributed by atoms with Crippen LogP contribution < -0.4 is 0 Å². The van der Waals surface area contributed by atoms with E-state index < -0.39 is 6.10 Å².